The van der Waals surface area contributed by atoms with Crippen molar-refractivity contribution in [1.29, 1.82) is 0 Å². The van der Waals surface area contributed by atoms with Gasteiger partial charge in [0, 0.05) is 17.6 Å². The van der Waals surface area contributed by atoms with E-state index in [2.05, 4.69) is 29.8 Å². The van der Waals surface area contributed by atoms with E-state index in [1.54, 1.807) is 22.5 Å². The Bertz CT molecular complexity index is 572. The Balaban J connectivity index is 2.29. The lowest BCUT2D eigenvalue weighted by Crippen LogP contribution is -2.30. The lowest BCUT2D eigenvalue weighted by atomic mass is 9.96. The summed E-state index contributed by atoms with van der Waals surface area (Å²) in [4.78, 5) is 0.208. The fourth-order valence-corrected chi connectivity index (χ4v) is 4.40. The van der Waals surface area contributed by atoms with Gasteiger partial charge in [0.2, 0.25) is 10.0 Å². The van der Waals surface area contributed by atoms with E-state index in [9.17, 15) is 8.42 Å². The van der Waals surface area contributed by atoms with Crippen molar-refractivity contribution < 1.29 is 8.42 Å². The molecule has 0 amide bonds. The molecular weight excluding hydrogens is 328 g/mol. The number of halogens is 1. The van der Waals surface area contributed by atoms with Crippen molar-refractivity contribution in [3.8, 4) is 0 Å². The molecule has 1 unspecified atom stereocenters. The molecule has 0 aromatic heterocycles. The summed E-state index contributed by atoms with van der Waals surface area (Å²) in [5.74, 6) is 0.939. The van der Waals surface area contributed by atoms with Crippen molar-refractivity contribution in [1.82, 2.24) is 4.31 Å². The second kappa shape index (κ2) is 5.42. The second-order valence-electron chi connectivity index (χ2n) is 5.34. The predicted molar refractivity (Wildman–Crippen MR) is 80.3 cm³/mol. The first-order valence-corrected chi connectivity index (χ1v) is 8.61. The molecule has 0 bridgehead atoms. The van der Waals surface area contributed by atoms with Crippen molar-refractivity contribution in [3.05, 3.63) is 22.7 Å². The Morgan fingerprint density at radius 1 is 1.42 bits per heavy atom. The highest BCUT2D eigenvalue weighted by Crippen LogP contribution is 2.31. The predicted octanol–water partition coefficient (Wildman–Crippen LogP) is 2.70. The molecule has 1 aliphatic rings. The molecule has 1 atom stereocenters. The minimum atomic E-state index is -3.47. The smallest absolute Gasteiger partial charge is 0.245 e. The molecular formula is C13H19BrN2O2S. The van der Waals surface area contributed by atoms with Crippen LogP contribution in [-0.4, -0.2) is 25.8 Å². The zero-order chi connectivity index (χ0) is 14.2. The van der Waals surface area contributed by atoms with E-state index in [0.717, 1.165) is 10.9 Å². The third-order valence-electron chi connectivity index (χ3n) is 3.72. The van der Waals surface area contributed by atoms with Crippen molar-refractivity contribution in [3.63, 3.8) is 0 Å². The molecule has 19 heavy (non-hydrogen) atoms. The number of rotatable bonds is 3. The summed E-state index contributed by atoms with van der Waals surface area (Å²) >= 11 is 3.29. The molecule has 0 spiro atoms. The molecule has 0 radical (unpaired) electrons. The summed E-state index contributed by atoms with van der Waals surface area (Å²) in [6.07, 6.45) is 0.924. The number of nitrogen functional groups attached to an aromatic ring is 1. The molecule has 106 valence electrons. The quantitative estimate of drug-likeness (QED) is 0.855. The minimum absolute atomic E-state index is 0.208. The van der Waals surface area contributed by atoms with Gasteiger partial charge in [0.05, 0.1) is 5.69 Å². The van der Waals surface area contributed by atoms with Gasteiger partial charge in [0.1, 0.15) is 4.90 Å². The second-order valence-corrected chi connectivity index (χ2v) is 8.16. The van der Waals surface area contributed by atoms with E-state index < -0.39 is 10.0 Å². The molecule has 1 saturated heterocycles. The summed E-state index contributed by atoms with van der Waals surface area (Å²) in [6.45, 7) is 5.44. The summed E-state index contributed by atoms with van der Waals surface area (Å²) in [5.41, 5.74) is 6.13. The van der Waals surface area contributed by atoms with E-state index in [4.69, 9.17) is 5.73 Å². The molecule has 1 aromatic rings. The maximum atomic E-state index is 12.6. The molecule has 1 heterocycles. The zero-order valence-corrected chi connectivity index (χ0v) is 13.5. The number of nitrogens with zero attached hydrogens (tertiary/aromatic N) is 1. The molecule has 1 aliphatic heterocycles. The van der Waals surface area contributed by atoms with Crippen LogP contribution in [0.3, 0.4) is 0 Å². The summed E-state index contributed by atoms with van der Waals surface area (Å²) in [6, 6.07) is 4.90. The topological polar surface area (TPSA) is 63.4 Å². The van der Waals surface area contributed by atoms with E-state index in [1.807, 2.05) is 0 Å². The molecule has 2 N–H and O–H groups in total. The van der Waals surface area contributed by atoms with Crippen LogP contribution >= 0.6 is 15.9 Å². The summed E-state index contributed by atoms with van der Waals surface area (Å²) in [7, 11) is -3.47. The number of hydrogen-bond donors (Lipinski definition) is 1. The summed E-state index contributed by atoms with van der Waals surface area (Å²) < 4.78 is 27.5. The van der Waals surface area contributed by atoms with Gasteiger partial charge in [0.25, 0.3) is 0 Å². The van der Waals surface area contributed by atoms with Gasteiger partial charge >= 0.3 is 0 Å². The van der Waals surface area contributed by atoms with Gasteiger partial charge in [-0.3, -0.25) is 0 Å². The summed E-state index contributed by atoms with van der Waals surface area (Å²) in [5, 5.41) is 0. The van der Waals surface area contributed by atoms with Gasteiger partial charge in [-0.15, -0.1) is 0 Å². The molecule has 2 rings (SSSR count). The van der Waals surface area contributed by atoms with Crippen molar-refractivity contribution >= 4 is 31.6 Å². The lowest BCUT2D eigenvalue weighted by Gasteiger charge is -2.19. The monoisotopic (exact) mass is 346 g/mol. The molecule has 6 heteroatoms. The maximum absolute atomic E-state index is 12.6. The van der Waals surface area contributed by atoms with Gasteiger partial charge in [0.15, 0.2) is 0 Å². The number of anilines is 1. The van der Waals surface area contributed by atoms with Crippen LogP contribution in [0.5, 0.6) is 0 Å². The van der Waals surface area contributed by atoms with Crippen LogP contribution in [0, 0.1) is 11.8 Å². The lowest BCUT2D eigenvalue weighted by molar-refractivity contribution is 0.388. The number of hydrogen-bond acceptors (Lipinski definition) is 3. The Kier molecular flexibility index (Phi) is 4.23. The average Bonchev–Trinajstić information content (AvgIpc) is 2.78. The van der Waals surface area contributed by atoms with E-state index in [0.29, 0.717) is 30.6 Å². The van der Waals surface area contributed by atoms with Gasteiger partial charge in [-0.1, -0.05) is 29.8 Å². The first kappa shape index (κ1) is 14.8. The van der Waals surface area contributed by atoms with Crippen molar-refractivity contribution in [2.75, 3.05) is 18.8 Å². The van der Waals surface area contributed by atoms with Gasteiger partial charge in [-0.2, -0.15) is 4.31 Å². The Morgan fingerprint density at radius 3 is 2.63 bits per heavy atom. The Labute approximate surface area is 123 Å². The number of sulfonamides is 1. The third-order valence-corrected chi connectivity index (χ3v) is 6.15. The van der Waals surface area contributed by atoms with Gasteiger partial charge in [-0.25, -0.2) is 8.42 Å². The zero-order valence-electron chi connectivity index (χ0n) is 11.1. The molecule has 0 saturated carbocycles. The highest BCUT2D eigenvalue weighted by molar-refractivity contribution is 9.10. The number of benzene rings is 1. The van der Waals surface area contributed by atoms with Crippen LogP contribution in [0.25, 0.3) is 0 Å². The average molecular weight is 347 g/mol. The number of nitrogens with two attached hydrogens (primary N) is 1. The van der Waals surface area contributed by atoms with Crippen LogP contribution in [0.15, 0.2) is 27.6 Å². The highest BCUT2D eigenvalue weighted by Gasteiger charge is 2.34. The standard InChI is InChI=1S/C13H19BrN2O2S/c1-9(2)10-5-6-16(8-10)19(17,18)13-4-3-11(14)7-12(13)15/h3-4,7,9-10H,5-6,8,15H2,1-2H3. The van der Waals surface area contributed by atoms with Gasteiger partial charge < -0.3 is 5.73 Å². The van der Waals surface area contributed by atoms with Crippen LogP contribution < -0.4 is 5.73 Å². The Morgan fingerprint density at radius 2 is 2.11 bits per heavy atom. The third kappa shape index (κ3) is 2.95. The maximum Gasteiger partial charge on any atom is 0.245 e. The van der Waals surface area contributed by atoms with E-state index >= 15 is 0 Å². The largest absolute Gasteiger partial charge is 0.398 e. The first-order chi connectivity index (χ1) is 8.82. The van der Waals surface area contributed by atoms with Gasteiger partial charge in [-0.05, 0) is 36.5 Å². The van der Waals surface area contributed by atoms with Crippen LogP contribution in [0.1, 0.15) is 20.3 Å². The minimum Gasteiger partial charge on any atom is -0.398 e. The molecule has 0 aliphatic carbocycles. The fourth-order valence-electron chi connectivity index (χ4n) is 2.41. The Hall–Kier alpha value is -0.590. The molecule has 1 fully saturated rings. The van der Waals surface area contributed by atoms with E-state index in [-0.39, 0.29) is 4.90 Å². The molecule has 1 aromatic carbocycles. The van der Waals surface area contributed by atoms with Crippen molar-refractivity contribution in [2.45, 2.75) is 25.2 Å². The highest BCUT2D eigenvalue weighted by atomic mass is 79.9. The molecule has 4 nitrogen and oxygen atoms in total. The SMILES string of the molecule is CC(C)C1CCN(S(=O)(=O)c2ccc(Br)cc2N)C1. The normalized spacial score (nSPS) is 21.2. The van der Waals surface area contributed by atoms with Crippen LogP contribution in [0.4, 0.5) is 5.69 Å². The van der Waals surface area contributed by atoms with Crippen molar-refractivity contribution in [2.24, 2.45) is 11.8 Å². The van der Waals surface area contributed by atoms with E-state index in [1.165, 1.54) is 0 Å². The first-order valence-electron chi connectivity index (χ1n) is 6.37. The van der Waals surface area contributed by atoms with Crippen LogP contribution in [-0.2, 0) is 10.0 Å². The fraction of sp³-hybridized carbons (Fsp3) is 0.538. The van der Waals surface area contributed by atoms with Crippen LogP contribution in [0.2, 0.25) is 0 Å².